The molecule has 0 bridgehead atoms. The lowest BCUT2D eigenvalue weighted by molar-refractivity contribution is -0.149. The summed E-state index contributed by atoms with van der Waals surface area (Å²) in [4.78, 5) is 0. The SMILES string of the molecule is COC(C)(OC)SC(C)(OC)OC. The van der Waals surface area contributed by atoms with Gasteiger partial charge < -0.3 is 18.9 Å². The van der Waals surface area contributed by atoms with E-state index in [9.17, 15) is 0 Å². The third-order valence-electron chi connectivity index (χ3n) is 1.85. The van der Waals surface area contributed by atoms with Crippen LogP contribution in [0.1, 0.15) is 13.8 Å². The average molecular weight is 210 g/mol. The fraction of sp³-hybridized carbons (Fsp3) is 1.00. The first-order chi connectivity index (χ1) is 5.95. The van der Waals surface area contributed by atoms with Gasteiger partial charge in [0.25, 0.3) is 0 Å². The van der Waals surface area contributed by atoms with Crippen molar-refractivity contribution in [2.45, 2.75) is 24.1 Å². The molecular weight excluding hydrogens is 192 g/mol. The van der Waals surface area contributed by atoms with Crippen molar-refractivity contribution in [3.63, 3.8) is 0 Å². The third-order valence-corrected chi connectivity index (χ3v) is 3.26. The maximum absolute atomic E-state index is 5.17. The Kier molecular flexibility index (Phi) is 5.24. The molecule has 0 rings (SSSR count). The molecule has 0 N–H and O–H groups in total. The Hall–Kier alpha value is 0.190. The van der Waals surface area contributed by atoms with Gasteiger partial charge in [-0.25, -0.2) is 0 Å². The molecule has 0 saturated heterocycles. The molecule has 0 aromatic carbocycles. The van der Waals surface area contributed by atoms with Gasteiger partial charge in [-0.2, -0.15) is 0 Å². The van der Waals surface area contributed by atoms with E-state index < -0.39 is 10.2 Å². The van der Waals surface area contributed by atoms with Gasteiger partial charge in [-0.05, 0) is 11.8 Å². The van der Waals surface area contributed by atoms with Crippen molar-refractivity contribution in [3.05, 3.63) is 0 Å². The minimum absolute atomic E-state index is 0.763. The highest BCUT2D eigenvalue weighted by molar-refractivity contribution is 8.01. The van der Waals surface area contributed by atoms with Gasteiger partial charge in [-0.15, -0.1) is 0 Å². The first-order valence-corrected chi connectivity index (χ1v) is 4.67. The van der Waals surface area contributed by atoms with E-state index in [2.05, 4.69) is 0 Å². The Bertz CT molecular complexity index is 127. The van der Waals surface area contributed by atoms with Crippen LogP contribution in [0.15, 0.2) is 0 Å². The smallest absolute Gasteiger partial charge is 0.219 e. The highest BCUT2D eigenvalue weighted by Gasteiger charge is 2.37. The van der Waals surface area contributed by atoms with Gasteiger partial charge in [0.1, 0.15) is 0 Å². The largest absolute Gasteiger partial charge is 0.345 e. The van der Waals surface area contributed by atoms with Crippen LogP contribution in [0.2, 0.25) is 0 Å². The molecular formula is C8H18O4S. The lowest BCUT2D eigenvalue weighted by atomic mass is 10.7. The zero-order valence-corrected chi connectivity index (χ0v) is 9.86. The van der Waals surface area contributed by atoms with E-state index in [0.717, 1.165) is 0 Å². The van der Waals surface area contributed by atoms with E-state index in [1.54, 1.807) is 42.3 Å². The van der Waals surface area contributed by atoms with Crippen LogP contribution in [0.4, 0.5) is 0 Å². The number of thioether (sulfide) groups is 1. The van der Waals surface area contributed by atoms with Crippen molar-refractivity contribution in [2.24, 2.45) is 0 Å². The van der Waals surface area contributed by atoms with Gasteiger partial charge in [0.05, 0.1) is 0 Å². The van der Waals surface area contributed by atoms with Gasteiger partial charge in [0, 0.05) is 42.3 Å². The minimum atomic E-state index is -0.763. The van der Waals surface area contributed by atoms with Crippen LogP contribution in [0, 0.1) is 0 Å². The monoisotopic (exact) mass is 210 g/mol. The first-order valence-electron chi connectivity index (χ1n) is 3.86. The lowest BCUT2D eigenvalue weighted by Gasteiger charge is -2.34. The Morgan fingerprint density at radius 3 is 1.08 bits per heavy atom. The van der Waals surface area contributed by atoms with Crippen molar-refractivity contribution in [3.8, 4) is 0 Å². The number of hydrogen-bond donors (Lipinski definition) is 0. The highest BCUT2D eigenvalue weighted by Crippen LogP contribution is 2.38. The summed E-state index contributed by atoms with van der Waals surface area (Å²) in [5, 5.41) is -1.53. The summed E-state index contributed by atoms with van der Waals surface area (Å²) in [5.74, 6) is 0. The molecule has 0 fully saturated rings. The summed E-state index contributed by atoms with van der Waals surface area (Å²) in [6.07, 6.45) is 0. The van der Waals surface area contributed by atoms with E-state index in [1.165, 1.54) is 11.8 Å². The molecule has 0 aliphatic heterocycles. The molecule has 0 aromatic rings. The first kappa shape index (κ1) is 13.2. The number of methoxy groups -OCH3 is 4. The van der Waals surface area contributed by atoms with Crippen LogP contribution in [0.25, 0.3) is 0 Å². The van der Waals surface area contributed by atoms with Crippen LogP contribution < -0.4 is 0 Å². The molecule has 0 aliphatic rings. The van der Waals surface area contributed by atoms with Gasteiger partial charge in [-0.1, -0.05) is 0 Å². The molecule has 0 unspecified atom stereocenters. The molecule has 5 heteroatoms. The van der Waals surface area contributed by atoms with Crippen LogP contribution >= 0.6 is 11.8 Å². The van der Waals surface area contributed by atoms with E-state index in [1.807, 2.05) is 0 Å². The van der Waals surface area contributed by atoms with E-state index >= 15 is 0 Å². The fourth-order valence-electron chi connectivity index (χ4n) is 0.670. The maximum Gasteiger partial charge on any atom is 0.219 e. The summed E-state index contributed by atoms with van der Waals surface area (Å²) in [6.45, 7) is 3.60. The molecule has 0 heterocycles. The Morgan fingerprint density at radius 1 is 0.692 bits per heavy atom. The summed E-state index contributed by atoms with van der Waals surface area (Å²) in [7, 11) is 6.29. The molecule has 80 valence electrons. The topological polar surface area (TPSA) is 36.9 Å². The fourth-order valence-corrected chi connectivity index (χ4v) is 1.68. The second-order valence-corrected chi connectivity index (χ2v) is 4.33. The van der Waals surface area contributed by atoms with Crippen molar-refractivity contribution < 1.29 is 18.9 Å². The van der Waals surface area contributed by atoms with E-state index in [-0.39, 0.29) is 0 Å². The normalized spacial score (nSPS) is 13.4. The summed E-state index contributed by atoms with van der Waals surface area (Å²) in [5.41, 5.74) is 0. The zero-order chi connectivity index (χ0) is 10.5. The maximum atomic E-state index is 5.17. The molecule has 0 aliphatic carbocycles. The molecule has 0 radical (unpaired) electrons. The summed E-state index contributed by atoms with van der Waals surface area (Å²) >= 11 is 1.31. The summed E-state index contributed by atoms with van der Waals surface area (Å²) in [6, 6.07) is 0. The Labute approximate surface area is 83.9 Å². The van der Waals surface area contributed by atoms with Crippen molar-refractivity contribution in [1.82, 2.24) is 0 Å². The van der Waals surface area contributed by atoms with E-state index in [4.69, 9.17) is 18.9 Å². The highest BCUT2D eigenvalue weighted by atomic mass is 32.2. The predicted octanol–water partition coefficient (Wildman–Crippen LogP) is 1.65. The second kappa shape index (κ2) is 5.17. The predicted molar refractivity (Wildman–Crippen MR) is 52.4 cm³/mol. The molecule has 4 nitrogen and oxygen atoms in total. The number of ether oxygens (including phenoxy) is 4. The molecule has 13 heavy (non-hydrogen) atoms. The molecule has 0 saturated carbocycles. The van der Waals surface area contributed by atoms with Crippen LogP contribution in [0.3, 0.4) is 0 Å². The Morgan fingerprint density at radius 2 is 0.923 bits per heavy atom. The van der Waals surface area contributed by atoms with Gasteiger partial charge >= 0.3 is 0 Å². The van der Waals surface area contributed by atoms with Gasteiger partial charge in [0.2, 0.25) is 10.2 Å². The van der Waals surface area contributed by atoms with E-state index in [0.29, 0.717) is 0 Å². The second-order valence-electron chi connectivity index (χ2n) is 2.64. The van der Waals surface area contributed by atoms with Crippen LogP contribution in [-0.4, -0.2) is 38.7 Å². The number of hydrogen-bond acceptors (Lipinski definition) is 5. The van der Waals surface area contributed by atoms with Crippen molar-refractivity contribution in [1.29, 1.82) is 0 Å². The zero-order valence-electron chi connectivity index (χ0n) is 9.04. The molecule has 0 aromatic heterocycles. The van der Waals surface area contributed by atoms with Gasteiger partial charge in [-0.3, -0.25) is 0 Å². The standard InChI is InChI=1S/C8H18O4S/c1-7(9-3,10-4)13-8(2,11-5)12-6/h1-6H3. The van der Waals surface area contributed by atoms with Crippen LogP contribution in [-0.2, 0) is 18.9 Å². The molecule has 0 amide bonds. The quantitative estimate of drug-likeness (QED) is 0.623. The minimum Gasteiger partial charge on any atom is -0.345 e. The lowest BCUT2D eigenvalue weighted by Crippen LogP contribution is -2.36. The van der Waals surface area contributed by atoms with Crippen molar-refractivity contribution in [2.75, 3.05) is 28.4 Å². The average Bonchev–Trinajstić information content (AvgIpc) is 2.17. The van der Waals surface area contributed by atoms with Crippen LogP contribution in [0.5, 0.6) is 0 Å². The third kappa shape index (κ3) is 3.83. The van der Waals surface area contributed by atoms with Gasteiger partial charge in [0.15, 0.2) is 0 Å². The number of rotatable bonds is 6. The molecule has 0 atom stereocenters. The summed E-state index contributed by atoms with van der Waals surface area (Å²) < 4.78 is 20.7. The van der Waals surface area contributed by atoms with Crippen molar-refractivity contribution >= 4 is 11.8 Å². The molecule has 0 spiro atoms. The Balaban J connectivity index is 4.36.